The molecule has 0 N–H and O–H groups in total. The summed E-state index contributed by atoms with van der Waals surface area (Å²) in [4.78, 5) is 0. The van der Waals surface area contributed by atoms with Crippen molar-refractivity contribution in [1.29, 1.82) is 0 Å². The third kappa shape index (κ3) is 13.6. The third-order valence-corrected chi connectivity index (χ3v) is 9.05. The van der Waals surface area contributed by atoms with Crippen molar-refractivity contribution < 1.29 is 58.4 Å². The summed E-state index contributed by atoms with van der Waals surface area (Å²) in [7, 11) is 0. The predicted octanol–water partition coefficient (Wildman–Crippen LogP) is 11.0. The number of hydrogen-bond donors (Lipinski definition) is 0. The molecule has 3 aliphatic carbocycles. The molecule has 224 valence electrons. The Morgan fingerprint density at radius 1 is 0.425 bits per heavy atom. The standard InChI is InChI=1S/3C10H15.C7H10.3Ru/c3*1-6-7(2)9(4)10(5)8(6)3;1-3-5-7-6-4-2;;;/h3*1-5H3;1,3,5H,4,6H2,2H3;;;/q;;;-2;2*+1;+3. The zero-order valence-corrected chi connectivity index (χ0v) is 33.4. The fourth-order valence-corrected chi connectivity index (χ4v) is 4.51. The van der Waals surface area contributed by atoms with Crippen molar-refractivity contribution in [3.63, 3.8) is 0 Å². The van der Waals surface area contributed by atoms with Crippen LogP contribution in [0.5, 0.6) is 0 Å². The molecule has 0 atom stereocenters. The van der Waals surface area contributed by atoms with Crippen LogP contribution in [0.4, 0.5) is 0 Å². The molecule has 0 nitrogen and oxygen atoms in total. The summed E-state index contributed by atoms with van der Waals surface area (Å²) in [6.07, 6.45) is 8.37. The molecule has 3 rings (SSSR count). The Kier molecular flexibility index (Phi) is 28.6. The largest absolute Gasteiger partial charge is 3.00 e. The normalized spacial score (nSPS) is 23.1. The monoisotopic (exact) mass is 805 g/mol. The van der Waals surface area contributed by atoms with Crippen LogP contribution in [0.15, 0.2) is 12.2 Å². The average Bonchev–Trinajstić information content (AvgIpc) is 3.25. The zero-order valence-electron chi connectivity index (χ0n) is 28.2. The van der Waals surface area contributed by atoms with Crippen molar-refractivity contribution in [2.45, 2.75) is 124 Å². The second-order valence-electron chi connectivity index (χ2n) is 10.7. The molecule has 3 fully saturated rings. The molecule has 18 radical (unpaired) electrons. The molecule has 0 aromatic rings. The van der Waals surface area contributed by atoms with Crippen LogP contribution in [0, 0.1) is 101 Å². The maximum absolute atomic E-state index is 5.03. The van der Waals surface area contributed by atoms with Gasteiger partial charge in [-0.15, -0.1) is 6.42 Å². The molecular formula is C37H55Ru3+3. The van der Waals surface area contributed by atoms with Gasteiger partial charge in [-0.25, -0.2) is 0 Å². The van der Waals surface area contributed by atoms with Gasteiger partial charge in [0.05, 0.1) is 0 Å². The first-order valence-electron chi connectivity index (χ1n) is 13.8. The van der Waals surface area contributed by atoms with E-state index in [0.717, 1.165) is 12.8 Å². The van der Waals surface area contributed by atoms with Gasteiger partial charge in [0, 0.05) is 0 Å². The summed E-state index contributed by atoms with van der Waals surface area (Å²) in [6.45, 7) is 40.1. The molecule has 40 heavy (non-hydrogen) atoms. The van der Waals surface area contributed by atoms with Gasteiger partial charge in [0.15, 0.2) is 0 Å². The van der Waals surface area contributed by atoms with Crippen molar-refractivity contribution in [2.24, 2.45) is 0 Å². The van der Waals surface area contributed by atoms with E-state index in [1.165, 1.54) is 94.8 Å². The van der Waals surface area contributed by atoms with E-state index < -0.39 is 0 Å². The molecule has 3 saturated carbocycles. The van der Waals surface area contributed by atoms with Gasteiger partial charge < -0.3 is 24.8 Å². The van der Waals surface area contributed by atoms with Crippen molar-refractivity contribution in [2.75, 3.05) is 0 Å². The summed E-state index contributed by atoms with van der Waals surface area (Å²) >= 11 is 0. The molecule has 0 aliphatic heterocycles. The molecule has 0 aromatic heterocycles. The summed E-state index contributed by atoms with van der Waals surface area (Å²) in [5.41, 5.74) is 0. The van der Waals surface area contributed by atoms with Crippen molar-refractivity contribution >= 4 is 0 Å². The van der Waals surface area contributed by atoms with Crippen LogP contribution >= 0.6 is 0 Å². The second kappa shape index (κ2) is 23.7. The van der Waals surface area contributed by atoms with Crippen molar-refractivity contribution in [3.8, 4) is 0 Å². The molecule has 3 aliphatic rings. The summed E-state index contributed by atoms with van der Waals surface area (Å²) in [5.74, 6) is 22.0. The van der Waals surface area contributed by atoms with E-state index in [4.69, 9.17) is 6.58 Å². The maximum atomic E-state index is 5.03. The number of unbranched alkanes of at least 4 members (excludes halogenated alkanes) is 1. The van der Waals surface area contributed by atoms with Gasteiger partial charge in [-0.3, -0.25) is 0 Å². The van der Waals surface area contributed by atoms with Gasteiger partial charge in [-0.1, -0.05) is 117 Å². The molecule has 0 heterocycles. The molecular weight excluding hydrogens is 748 g/mol. The van der Waals surface area contributed by atoms with Crippen LogP contribution in [-0.2, 0) is 58.4 Å². The minimum Gasteiger partial charge on any atom is -0.394 e. The number of rotatable bonds is 3. The van der Waals surface area contributed by atoms with Crippen LogP contribution in [0.3, 0.4) is 0 Å². The van der Waals surface area contributed by atoms with Crippen LogP contribution in [0.1, 0.15) is 124 Å². The Bertz CT molecular complexity index is 440. The van der Waals surface area contributed by atoms with Crippen LogP contribution in [0.25, 0.3) is 0 Å². The number of allylic oxidation sites excluding steroid dienone is 3. The second-order valence-corrected chi connectivity index (χ2v) is 10.7. The van der Waals surface area contributed by atoms with Crippen LogP contribution in [-0.4, -0.2) is 0 Å². The minimum atomic E-state index is 0. The Morgan fingerprint density at radius 3 is 0.675 bits per heavy atom. The van der Waals surface area contributed by atoms with Gasteiger partial charge in [0.25, 0.3) is 0 Å². The Balaban J connectivity index is -0.000000213. The first-order chi connectivity index (χ1) is 17.1. The quantitative estimate of drug-likeness (QED) is 0.151. The van der Waals surface area contributed by atoms with Gasteiger partial charge in [-0.2, -0.15) is 0 Å². The van der Waals surface area contributed by atoms with Gasteiger partial charge in [-0.05, 0) is 88.8 Å². The first kappa shape index (κ1) is 48.3. The molecule has 0 spiro atoms. The van der Waals surface area contributed by atoms with E-state index in [1.807, 2.05) is 0 Å². The summed E-state index contributed by atoms with van der Waals surface area (Å²) < 4.78 is 0. The predicted molar refractivity (Wildman–Crippen MR) is 165 cm³/mol. The van der Waals surface area contributed by atoms with E-state index in [-0.39, 0.29) is 58.4 Å². The van der Waals surface area contributed by atoms with Gasteiger partial charge in [0.2, 0.25) is 0 Å². The van der Waals surface area contributed by atoms with E-state index in [0.29, 0.717) is 0 Å². The first-order valence-corrected chi connectivity index (χ1v) is 13.8. The van der Waals surface area contributed by atoms with Crippen molar-refractivity contribution in [1.82, 2.24) is 0 Å². The van der Waals surface area contributed by atoms with Gasteiger partial charge in [0.1, 0.15) is 0 Å². The average molecular weight is 803 g/mol. The van der Waals surface area contributed by atoms with Gasteiger partial charge >= 0.3 is 58.4 Å². The third-order valence-electron chi connectivity index (χ3n) is 9.05. The van der Waals surface area contributed by atoms with Crippen molar-refractivity contribution in [3.05, 3.63) is 114 Å². The van der Waals surface area contributed by atoms with E-state index in [9.17, 15) is 0 Å². The SMILES string of the molecule is C[C]1[C](C)[C](C)[C](C)[C]1C.C[C]1[C](C)[C](C)[C](C)[C]1C.C[C]1[C](C)[C](C)[C](C)[C]1C.[CH-]=CC=[C-]CCC.[Ru+3].[Ru+].[Ru+]. The van der Waals surface area contributed by atoms with E-state index in [2.05, 4.69) is 117 Å². The van der Waals surface area contributed by atoms with E-state index in [1.54, 1.807) is 6.08 Å². The Labute approximate surface area is 293 Å². The molecule has 0 saturated heterocycles. The summed E-state index contributed by atoms with van der Waals surface area (Å²) in [6, 6.07) is 0. The van der Waals surface area contributed by atoms with E-state index >= 15 is 0 Å². The van der Waals surface area contributed by atoms with Crippen LogP contribution in [0.2, 0.25) is 0 Å². The molecule has 0 bridgehead atoms. The zero-order chi connectivity index (χ0) is 29.2. The molecule has 3 heteroatoms. The molecule has 0 aromatic carbocycles. The maximum Gasteiger partial charge on any atom is 3.00 e. The number of hydrogen-bond acceptors (Lipinski definition) is 0. The summed E-state index contributed by atoms with van der Waals surface area (Å²) in [5, 5.41) is 0. The Morgan fingerprint density at radius 2 is 0.575 bits per heavy atom. The molecule has 0 unspecified atom stereocenters. The molecule has 0 amide bonds. The Hall–Kier alpha value is 1.35. The topological polar surface area (TPSA) is 0 Å². The minimum absolute atomic E-state index is 0. The van der Waals surface area contributed by atoms with Crippen LogP contribution < -0.4 is 0 Å². The smallest absolute Gasteiger partial charge is 0.394 e. The fourth-order valence-electron chi connectivity index (χ4n) is 4.51. The fraction of sp³-hybridized carbons (Fsp3) is 0.486.